The number of hydrogen-bond acceptors (Lipinski definition) is 2. The predicted octanol–water partition coefficient (Wildman–Crippen LogP) is 3.86. The fourth-order valence-corrected chi connectivity index (χ4v) is 2.71. The van der Waals surface area contributed by atoms with Crippen molar-refractivity contribution in [1.82, 2.24) is 15.1 Å². The van der Waals surface area contributed by atoms with Crippen LogP contribution in [0.5, 0.6) is 0 Å². The number of para-hydroxylation sites is 1. The third-order valence-electron chi connectivity index (χ3n) is 4.21. The van der Waals surface area contributed by atoms with E-state index >= 15 is 0 Å². The van der Waals surface area contributed by atoms with Gasteiger partial charge in [-0.2, -0.15) is 5.10 Å². The molecule has 0 spiro atoms. The van der Waals surface area contributed by atoms with Crippen LogP contribution in [0.15, 0.2) is 60.8 Å². The van der Waals surface area contributed by atoms with Gasteiger partial charge in [0.15, 0.2) is 5.69 Å². The van der Waals surface area contributed by atoms with Gasteiger partial charge in [0.05, 0.1) is 0 Å². The Labute approximate surface area is 150 Å². The highest BCUT2D eigenvalue weighted by Crippen LogP contribution is 2.25. The van der Waals surface area contributed by atoms with Gasteiger partial charge in [-0.3, -0.25) is 4.79 Å². The van der Waals surface area contributed by atoms with E-state index in [9.17, 15) is 13.6 Å². The quantitative estimate of drug-likeness (QED) is 0.755. The lowest BCUT2D eigenvalue weighted by Crippen LogP contribution is -2.37. The van der Waals surface area contributed by atoms with Crippen LogP contribution in [0.3, 0.4) is 0 Å². The molecule has 0 atom stereocenters. The summed E-state index contributed by atoms with van der Waals surface area (Å²) in [4.78, 5) is 12.4. The van der Waals surface area contributed by atoms with Crippen LogP contribution in [0.1, 0.15) is 29.9 Å². The highest BCUT2D eigenvalue weighted by molar-refractivity contribution is 5.92. The lowest BCUT2D eigenvalue weighted by Gasteiger charge is -2.25. The summed E-state index contributed by atoms with van der Waals surface area (Å²) < 4.78 is 29.1. The van der Waals surface area contributed by atoms with Crippen LogP contribution in [-0.4, -0.2) is 22.2 Å². The summed E-state index contributed by atoms with van der Waals surface area (Å²) in [5.41, 5.74) is 0.364. The Morgan fingerprint density at radius 1 is 1.04 bits per heavy atom. The molecule has 3 rings (SSSR count). The third kappa shape index (κ3) is 3.64. The highest BCUT2D eigenvalue weighted by atomic mass is 19.1. The maximum absolute atomic E-state index is 14.0. The van der Waals surface area contributed by atoms with Gasteiger partial charge in [0, 0.05) is 18.2 Å². The molecule has 2 aromatic carbocycles. The summed E-state index contributed by atoms with van der Waals surface area (Å²) >= 11 is 0. The molecule has 134 valence electrons. The van der Waals surface area contributed by atoms with Gasteiger partial charge in [-0.05, 0) is 29.8 Å². The van der Waals surface area contributed by atoms with Crippen molar-refractivity contribution in [3.8, 4) is 5.69 Å². The zero-order valence-electron chi connectivity index (χ0n) is 14.5. The number of nitrogens with one attached hydrogen (secondary N) is 1. The van der Waals surface area contributed by atoms with Crippen molar-refractivity contribution in [2.45, 2.75) is 19.3 Å². The first-order valence-electron chi connectivity index (χ1n) is 8.22. The van der Waals surface area contributed by atoms with Gasteiger partial charge in [0.25, 0.3) is 5.91 Å². The van der Waals surface area contributed by atoms with E-state index in [0.717, 1.165) is 0 Å². The molecule has 0 bridgehead atoms. The molecule has 3 aromatic rings. The first-order chi connectivity index (χ1) is 12.4. The zero-order valence-corrected chi connectivity index (χ0v) is 14.5. The molecular formula is C20H19F2N3O. The number of hydrogen-bond donors (Lipinski definition) is 1. The molecule has 6 heteroatoms. The van der Waals surface area contributed by atoms with E-state index in [4.69, 9.17) is 0 Å². The molecule has 0 aliphatic heterocycles. The third-order valence-corrected chi connectivity index (χ3v) is 4.21. The van der Waals surface area contributed by atoms with Crippen LogP contribution in [0.2, 0.25) is 0 Å². The summed E-state index contributed by atoms with van der Waals surface area (Å²) in [6.45, 7) is 3.94. The van der Waals surface area contributed by atoms with E-state index in [0.29, 0.717) is 5.56 Å². The Balaban J connectivity index is 1.71. The molecule has 1 aromatic heterocycles. The summed E-state index contributed by atoms with van der Waals surface area (Å²) in [5.74, 6) is -1.14. The molecular weight excluding hydrogens is 336 g/mol. The molecule has 1 N–H and O–H groups in total. The van der Waals surface area contributed by atoms with Crippen molar-refractivity contribution < 1.29 is 13.6 Å². The normalized spacial score (nSPS) is 11.4. The van der Waals surface area contributed by atoms with E-state index < -0.39 is 17.1 Å². The second kappa shape index (κ2) is 7.07. The van der Waals surface area contributed by atoms with Gasteiger partial charge < -0.3 is 5.32 Å². The number of nitrogens with zero attached hydrogens (tertiary/aromatic N) is 2. The van der Waals surface area contributed by atoms with Gasteiger partial charge in [0.2, 0.25) is 0 Å². The summed E-state index contributed by atoms with van der Waals surface area (Å²) in [6, 6.07) is 14.2. The number of halogens is 2. The number of carbonyl (C=O) groups is 1. The van der Waals surface area contributed by atoms with E-state index in [1.165, 1.54) is 29.1 Å². The molecule has 0 saturated carbocycles. The highest BCUT2D eigenvalue weighted by Gasteiger charge is 2.25. The standard InChI is InChI=1S/C20H19F2N3O/c1-20(2,14-7-3-4-8-15(14)21)13-23-19(26)17-11-12-25(24-17)18-10-6-5-9-16(18)22/h3-12H,13H2,1-2H3,(H,23,26). The van der Waals surface area contributed by atoms with Gasteiger partial charge in [-0.15, -0.1) is 0 Å². The predicted molar refractivity (Wildman–Crippen MR) is 95.3 cm³/mol. The van der Waals surface area contributed by atoms with Crippen LogP contribution in [0, 0.1) is 11.6 Å². The molecule has 0 unspecified atom stereocenters. The lowest BCUT2D eigenvalue weighted by molar-refractivity contribution is 0.0940. The maximum atomic E-state index is 14.0. The van der Waals surface area contributed by atoms with Crippen molar-refractivity contribution >= 4 is 5.91 Å². The molecule has 0 radical (unpaired) electrons. The molecule has 0 aliphatic carbocycles. The maximum Gasteiger partial charge on any atom is 0.271 e. The first kappa shape index (κ1) is 17.8. The summed E-state index contributed by atoms with van der Waals surface area (Å²) in [5, 5.41) is 6.89. The molecule has 4 nitrogen and oxygen atoms in total. The Bertz CT molecular complexity index is 934. The SMILES string of the molecule is CC(C)(CNC(=O)c1ccn(-c2ccccc2F)n1)c1ccccc1F. The number of carbonyl (C=O) groups excluding carboxylic acids is 1. The topological polar surface area (TPSA) is 46.9 Å². The van der Waals surface area contributed by atoms with Gasteiger partial charge in [-0.1, -0.05) is 44.2 Å². The van der Waals surface area contributed by atoms with E-state index in [-0.39, 0.29) is 23.7 Å². The van der Waals surface area contributed by atoms with Crippen molar-refractivity contribution in [3.63, 3.8) is 0 Å². The van der Waals surface area contributed by atoms with Crippen molar-refractivity contribution in [2.75, 3.05) is 6.54 Å². The Hall–Kier alpha value is -3.02. The second-order valence-corrected chi connectivity index (χ2v) is 6.64. The van der Waals surface area contributed by atoms with Crippen LogP contribution < -0.4 is 5.32 Å². The summed E-state index contributed by atoms with van der Waals surface area (Å²) in [7, 11) is 0. The monoisotopic (exact) mass is 355 g/mol. The molecule has 0 aliphatic rings. The minimum absolute atomic E-state index is 0.164. The molecule has 0 saturated heterocycles. The summed E-state index contributed by atoms with van der Waals surface area (Å²) in [6.07, 6.45) is 1.52. The van der Waals surface area contributed by atoms with E-state index in [2.05, 4.69) is 10.4 Å². The Kier molecular flexibility index (Phi) is 4.84. The molecule has 1 heterocycles. The number of amides is 1. The Morgan fingerprint density at radius 3 is 2.38 bits per heavy atom. The van der Waals surface area contributed by atoms with Gasteiger partial charge in [0.1, 0.15) is 17.3 Å². The lowest BCUT2D eigenvalue weighted by atomic mass is 9.84. The van der Waals surface area contributed by atoms with Crippen LogP contribution >= 0.6 is 0 Å². The smallest absolute Gasteiger partial charge is 0.271 e. The van der Waals surface area contributed by atoms with Gasteiger partial charge >= 0.3 is 0 Å². The number of rotatable bonds is 5. The van der Waals surface area contributed by atoms with Gasteiger partial charge in [-0.25, -0.2) is 13.5 Å². The first-order valence-corrected chi connectivity index (χ1v) is 8.22. The number of aromatic nitrogens is 2. The molecule has 0 fully saturated rings. The molecule has 1 amide bonds. The van der Waals surface area contributed by atoms with E-state index in [1.54, 1.807) is 36.4 Å². The van der Waals surface area contributed by atoms with E-state index in [1.807, 2.05) is 13.8 Å². The largest absolute Gasteiger partial charge is 0.350 e. The van der Waals surface area contributed by atoms with Crippen molar-refractivity contribution in [2.24, 2.45) is 0 Å². The Morgan fingerprint density at radius 2 is 1.69 bits per heavy atom. The number of benzene rings is 2. The fourth-order valence-electron chi connectivity index (χ4n) is 2.71. The second-order valence-electron chi connectivity index (χ2n) is 6.64. The fraction of sp³-hybridized carbons (Fsp3) is 0.200. The average molecular weight is 355 g/mol. The minimum Gasteiger partial charge on any atom is -0.350 e. The van der Waals surface area contributed by atoms with Crippen LogP contribution in [0.25, 0.3) is 5.69 Å². The van der Waals surface area contributed by atoms with Crippen molar-refractivity contribution in [3.05, 3.63) is 83.7 Å². The van der Waals surface area contributed by atoms with Crippen LogP contribution in [-0.2, 0) is 5.41 Å². The average Bonchev–Trinajstić information content (AvgIpc) is 3.10. The minimum atomic E-state index is -0.588. The van der Waals surface area contributed by atoms with Crippen LogP contribution in [0.4, 0.5) is 8.78 Å². The zero-order chi connectivity index (χ0) is 18.7. The molecule has 26 heavy (non-hydrogen) atoms. The van der Waals surface area contributed by atoms with Crippen molar-refractivity contribution in [1.29, 1.82) is 0 Å².